The Hall–Kier alpha value is -2.73. The second kappa shape index (κ2) is 5.72. The molecule has 4 rings (SSSR count). The van der Waals surface area contributed by atoms with Gasteiger partial charge in [-0.15, -0.1) is 0 Å². The summed E-state index contributed by atoms with van der Waals surface area (Å²) < 4.78 is 14.0. The number of amides is 1. The summed E-state index contributed by atoms with van der Waals surface area (Å²) in [6.45, 7) is 2.42. The Morgan fingerprint density at radius 2 is 1.96 bits per heavy atom. The smallest absolute Gasteiger partial charge is 0.253 e. The number of aromatic nitrogens is 2. The first kappa shape index (κ1) is 14.8. The van der Waals surface area contributed by atoms with Crippen LogP contribution in [0.15, 0.2) is 46.9 Å². The molecule has 2 aromatic heterocycles. The Balaban J connectivity index is 1.57. The molecule has 0 atom stereocenters. The molecule has 0 unspecified atom stereocenters. The summed E-state index contributed by atoms with van der Waals surface area (Å²) in [6, 6.07) is 13.4. The van der Waals surface area contributed by atoms with Crippen LogP contribution < -0.4 is 0 Å². The zero-order valence-electron chi connectivity index (χ0n) is 13.3. The van der Waals surface area contributed by atoms with Crippen LogP contribution in [0.3, 0.4) is 0 Å². The first-order chi connectivity index (χ1) is 11.6. The average molecular weight is 337 g/mol. The summed E-state index contributed by atoms with van der Waals surface area (Å²) in [5, 5.41) is 0.946. The molecule has 0 fully saturated rings. The fourth-order valence-electron chi connectivity index (χ4n) is 2.80. The highest BCUT2D eigenvalue weighted by molar-refractivity contribution is 7.00. The molecule has 0 spiro atoms. The third-order valence-electron chi connectivity index (χ3n) is 3.97. The summed E-state index contributed by atoms with van der Waals surface area (Å²) in [5.41, 5.74) is 4.24. The van der Waals surface area contributed by atoms with Crippen molar-refractivity contribution in [3.63, 3.8) is 0 Å². The monoisotopic (exact) mass is 337 g/mol. The van der Waals surface area contributed by atoms with Gasteiger partial charge in [-0.25, -0.2) is 0 Å². The van der Waals surface area contributed by atoms with Gasteiger partial charge < -0.3 is 9.32 Å². The SMILES string of the molecule is Cc1cc2cc(C(=O)N(C)Cc3ccc4nsnc4c3)ccc2o1. The number of fused-ring (bicyclic) bond motifs is 2. The number of carbonyl (C=O) groups is 1. The minimum absolute atomic E-state index is 0.0211. The normalized spacial score (nSPS) is 11.2. The van der Waals surface area contributed by atoms with Gasteiger partial charge >= 0.3 is 0 Å². The van der Waals surface area contributed by atoms with Gasteiger partial charge in [-0.2, -0.15) is 8.75 Å². The van der Waals surface area contributed by atoms with Gasteiger partial charge in [0.15, 0.2) is 0 Å². The van der Waals surface area contributed by atoms with Gasteiger partial charge in [-0.05, 0) is 48.9 Å². The molecule has 5 nitrogen and oxygen atoms in total. The number of benzene rings is 2. The minimum atomic E-state index is -0.0211. The Kier molecular flexibility index (Phi) is 3.54. The second-order valence-corrected chi connectivity index (χ2v) is 6.39. The van der Waals surface area contributed by atoms with Crippen LogP contribution in [0.5, 0.6) is 0 Å². The molecule has 0 aliphatic heterocycles. The van der Waals surface area contributed by atoms with E-state index in [1.165, 1.54) is 11.7 Å². The Labute approximate surface area is 142 Å². The molecule has 4 aromatic rings. The van der Waals surface area contributed by atoms with Gasteiger partial charge in [0.2, 0.25) is 0 Å². The van der Waals surface area contributed by atoms with Gasteiger partial charge in [0, 0.05) is 24.5 Å². The Morgan fingerprint density at radius 1 is 1.12 bits per heavy atom. The third kappa shape index (κ3) is 2.65. The molecule has 0 radical (unpaired) electrons. The largest absolute Gasteiger partial charge is 0.461 e. The van der Waals surface area contributed by atoms with Crippen molar-refractivity contribution in [1.82, 2.24) is 13.6 Å². The lowest BCUT2D eigenvalue weighted by Gasteiger charge is -2.17. The quantitative estimate of drug-likeness (QED) is 0.566. The summed E-state index contributed by atoms with van der Waals surface area (Å²) in [5.74, 6) is 0.820. The molecule has 0 saturated carbocycles. The lowest BCUT2D eigenvalue weighted by atomic mass is 10.1. The molecule has 120 valence electrons. The van der Waals surface area contributed by atoms with Crippen molar-refractivity contribution in [2.24, 2.45) is 0 Å². The molecule has 0 aliphatic carbocycles. The van der Waals surface area contributed by atoms with Gasteiger partial charge in [-0.1, -0.05) is 6.07 Å². The van der Waals surface area contributed by atoms with E-state index in [0.717, 1.165) is 33.3 Å². The maximum absolute atomic E-state index is 12.7. The average Bonchev–Trinajstić information content (AvgIpc) is 3.17. The zero-order valence-corrected chi connectivity index (χ0v) is 14.1. The van der Waals surface area contributed by atoms with Crippen molar-refractivity contribution in [2.75, 3.05) is 7.05 Å². The third-order valence-corrected chi connectivity index (χ3v) is 4.53. The van der Waals surface area contributed by atoms with Crippen LogP contribution in [0.1, 0.15) is 21.7 Å². The second-order valence-electron chi connectivity index (χ2n) is 5.86. The number of carbonyl (C=O) groups excluding carboxylic acids is 1. The Morgan fingerprint density at radius 3 is 2.83 bits per heavy atom. The highest BCUT2D eigenvalue weighted by atomic mass is 32.1. The molecule has 2 heterocycles. The highest BCUT2D eigenvalue weighted by Gasteiger charge is 2.14. The van der Waals surface area contributed by atoms with E-state index >= 15 is 0 Å². The van der Waals surface area contributed by atoms with E-state index in [-0.39, 0.29) is 5.91 Å². The number of furan rings is 1. The van der Waals surface area contributed by atoms with Crippen LogP contribution in [0.25, 0.3) is 22.0 Å². The topological polar surface area (TPSA) is 59.2 Å². The molecular formula is C18H15N3O2S. The first-order valence-corrected chi connectivity index (χ1v) is 8.30. The molecule has 24 heavy (non-hydrogen) atoms. The van der Waals surface area contributed by atoms with Crippen LogP contribution >= 0.6 is 11.7 Å². The minimum Gasteiger partial charge on any atom is -0.461 e. The molecule has 6 heteroatoms. The van der Waals surface area contributed by atoms with Crippen molar-refractivity contribution < 1.29 is 9.21 Å². The van der Waals surface area contributed by atoms with Gasteiger partial charge in [0.05, 0.1) is 11.7 Å². The van der Waals surface area contributed by atoms with Gasteiger partial charge in [0.1, 0.15) is 22.4 Å². The number of aryl methyl sites for hydroxylation is 1. The van der Waals surface area contributed by atoms with Crippen LogP contribution in [-0.4, -0.2) is 26.6 Å². The molecule has 1 amide bonds. The molecule has 0 aliphatic rings. The van der Waals surface area contributed by atoms with E-state index in [9.17, 15) is 4.79 Å². The maximum Gasteiger partial charge on any atom is 0.253 e. The number of hydrogen-bond donors (Lipinski definition) is 0. The fraction of sp³-hybridized carbons (Fsp3) is 0.167. The number of nitrogens with zero attached hydrogens (tertiary/aromatic N) is 3. The van der Waals surface area contributed by atoms with Crippen LogP contribution in [0.2, 0.25) is 0 Å². The first-order valence-electron chi connectivity index (χ1n) is 7.57. The van der Waals surface area contributed by atoms with E-state index in [2.05, 4.69) is 8.75 Å². The van der Waals surface area contributed by atoms with E-state index in [4.69, 9.17) is 4.42 Å². The van der Waals surface area contributed by atoms with Gasteiger partial charge in [-0.3, -0.25) is 4.79 Å². The van der Waals surface area contributed by atoms with E-state index < -0.39 is 0 Å². The van der Waals surface area contributed by atoms with Crippen molar-refractivity contribution in [3.05, 3.63) is 59.4 Å². The zero-order chi connectivity index (χ0) is 16.7. The molecule has 2 aromatic carbocycles. The fourth-order valence-corrected chi connectivity index (χ4v) is 3.32. The number of rotatable bonds is 3. The molecule has 0 saturated heterocycles. The lowest BCUT2D eigenvalue weighted by molar-refractivity contribution is 0.0785. The molecule has 0 N–H and O–H groups in total. The van der Waals surface area contributed by atoms with Crippen molar-refractivity contribution in [2.45, 2.75) is 13.5 Å². The summed E-state index contributed by atoms with van der Waals surface area (Å²) >= 11 is 1.20. The Bertz CT molecular complexity index is 1050. The summed E-state index contributed by atoms with van der Waals surface area (Å²) in [7, 11) is 1.80. The van der Waals surface area contributed by atoms with E-state index in [1.807, 2.05) is 43.3 Å². The standard InChI is InChI=1S/C18H15N3O2S/c1-11-7-14-9-13(4-6-17(14)23-11)18(22)21(2)10-12-3-5-15-16(8-12)20-24-19-15/h3-9H,10H2,1-2H3. The predicted molar refractivity (Wildman–Crippen MR) is 94.2 cm³/mol. The predicted octanol–water partition coefficient (Wildman–Crippen LogP) is 4.02. The summed E-state index contributed by atoms with van der Waals surface area (Å²) in [4.78, 5) is 14.4. The van der Waals surface area contributed by atoms with Crippen molar-refractivity contribution >= 4 is 39.6 Å². The molecular weight excluding hydrogens is 322 g/mol. The van der Waals surface area contributed by atoms with Crippen molar-refractivity contribution in [1.29, 1.82) is 0 Å². The lowest BCUT2D eigenvalue weighted by Crippen LogP contribution is -2.26. The van der Waals surface area contributed by atoms with Crippen molar-refractivity contribution in [3.8, 4) is 0 Å². The summed E-state index contributed by atoms with van der Waals surface area (Å²) in [6.07, 6.45) is 0. The number of hydrogen-bond acceptors (Lipinski definition) is 5. The highest BCUT2D eigenvalue weighted by Crippen LogP contribution is 2.21. The van der Waals surface area contributed by atoms with Crippen LogP contribution in [0, 0.1) is 6.92 Å². The maximum atomic E-state index is 12.7. The van der Waals surface area contributed by atoms with E-state index in [1.54, 1.807) is 18.0 Å². The molecule has 0 bridgehead atoms. The van der Waals surface area contributed by atoms with Crippen LogP contribution in [0.4, 0.5) is 0 Å². The van der Waals surface area contributed by atoms with Crippen LogP contribution in [-0.2, 0) is 6.54 Å². The van der Waals surface area contributed by atoms with Gasteiger partial charge in [0.25, 0.3) is 5.91 Å². The van der Waals surface area contributed by atoms with E-state index in [0.29, 0.717) is 12.1 Å².